The number of hydrogen-bond donors (Lipinski definition) is 2. The first kappa shape index (κ1) is 22.7. The van der Waals surface area contributed by atoms with Crippen LogP contribution in [-0.4, -0.2) is 48.6 Å². The number of benzene rings is 1. The van der Waals surface area contributed by atoms with Crippen LogP contribution < -0.4 is 14.8 Å². The molecule has 3 rings (SSSR count). The highest BCUT2D eigenvalue weighted by molar-refractivity contribution is 5.80. The summed E-state index contributed by atoms with van der Waals surface area (Å²) in [7, 11) is 0. The van der Waals surface area contributed by atoms with Crippen molar-refractivity contribution in [3.05, 3.63) is 24.0 Å². The van der Waals surface area contributed by atoms with Crippen LogP contribution in [0.5, 0.6) is 11.5 Å². The van der Waals surface area contributed by atoms with Crippen molar-refractivity contribution < 1.29 is 37.3 Å². The van der Waals surface area contributed by atoms with Gasteiger partial charge in [0.1, 0.15) is 11.9 Å². The van der Waals surface area contributed by atoms with Crippen LogP contribution in [0.25, 0.3) is 0 Å². The lowest BCUT2D eigenvalue weighted by Gasteiger charge is -2.36. The molecule has 2 N–H and O–H groups in total. The third-order valence-corrected chi connectivity index (χ3v) is 5.47. The van der Waals surface area contributed by atoms with Crippen LogP contribution in [0.2, 0.25) is 0 Å². The van der Waals surface area contributed by atoms with E-state index in [0.29, 0.717) is 19.4 Å². The van der Waals surface area contributed by atoms with Gasteiger partial charge in [0, 0.05) is 18.0 Å². The molecule has 1 amide bonds. The minimum atomic E-state index is -3.04. The SMILES string of the molecule is CC(O)CO[C@H]1CC[C@H](NC(=O)[C@H]2C[C@H](Oc3cc(F)ccc3OC(F)F)C2)CC1. The van der Waals surface area contributed by atoms with E-state index < -0.39 is 18.5 Å². The lowest BCUT2D eigenvalue weighted by molar-refractivity contribution is -0.132. The number of aliphatic hydroxyl groups excluding tert-OH is 1. The molecule has 0 heterocycles. The van der Waals surface area contributed by atoms with Gasteiger partial charge in [-0.25, -0.2) is 4.39 Å². The molecule has 1 aromatic rings. The highest BCUT2D eigenvalue weighted by Gasteiger charge is 2.37. The molecule has 2 saturated carbocycles. The minimum Gasteiger partial charge on any atom is -0.486 e. The first-order valence-corrected chi connectivity index (χ1v) is 10.3. The number of halogens is 3. The average Bonchev–Trinajstić information content (AvgIpc) is 2.65. The fourth-order valence-electron chi connectivity index (χ4n) is 3.79. The number of carbonyl (C=O) groups excluding carboxylic acids is 1. The van der Waals surface area contributed by atoms with Crippen LogP contribution in [0.4, 0.5) is 13.2 Å². The fraction of sp³-hybridized carbons (Fsp3) is 0.667. The minimum absolute atomic E-state index is 0.0495. The molecule has 30 heavy (non-hydrogen) atoms. The van der Waals surface area contributed by atoms with Crippen molar-refractivity contribution in [3.63, 3.8) is 0 Å². The number of aliphatic hydroxyl groups is 1. The highest BCUT2D eigenvalue weighted by atomic mass is 19.3. The highest BCUT2D eigenvalue weighted by Crippen LogP contribution is 2.37. The van der Waals surface area contributed by atoms with Crippen molar-refractivity contribution in [3.8, 4) is 11.5 Å². The van der Waals surface area contributed by atoms with Gasteiger partial charge in [0.2, 0.25) is 5.91 Å². The van der Waals surface area contributed by atoms with Gasteiger partial charge in [-0.15, -0.1) is 0 Å². The molecule has 1 unspecified atom stereocenters. The van der Waals surface area contributed by atoms with Gasteiger partial charge in [-0.1, -0.05) is 0 Å². The van der Waals surface area contributed by atoms with Gasteiger partial charge in [0.15, 0.2) is 11.5 Å². The van der Waals surface area contributed by atoms with Gasteiger partial charge in [0.25, 0.3) is 0 Å². The van der Waals surface area contributed by atoms with Crippen LogP contribution in [0.1, 0.15) is 45.4 Å². The smallest absolute Gasteiger partial charge is 0.387 e. The van der Waals surface area contributed by atoms with Crippen molar-refractivity contribution in [2.24, 2.45) is 5.92 Å². The number of carbonyl (C=O) groups is 1. The molecule has 0 aliphatic heterocycles. The largest absolute Gasteiger partial charge is 0.486 e. The zero-order chi connectivity index (χ0) is 21.7. The summed E-state index contributed by atoms with van der Waals surface area (Å²) in [5.74, 6) is -1.20. The Morgan fingerprint density at radius 3 is 2.50 bits per heavy atom. The number of rotatable bonds is 9. The number of alkyl halides is 2. The lowest BCUT2D eigenvalue weighted by Crippen LogP contribution is -2.48. The molecule has 1 atom stereocenters. The quantitative estimate of drug-likeness (QED) is 0.627. The van der Waals surface area contributed by atoms with E-state index in [1.807, 2.05) is 0 Å². The van der Waals surface area contributed by atoms with Crippen molar-refractivity contribution in [1.29, 1.82) is 0 Å². The Bertz CT molecular complexity index is 704. The average molecular weight is 431 g/mol. The Morgan fingerprint density at radius 2 is 1.87 bits per heavy atom. The summed E-state index contributed by atoms with van der Waals surface area (Å²) >= 11 is 0. The molecule has 1 aromatic carbocycles. The van der Waals surface area contributed by atoms with Crippen molar-refractivity contribution in [1.82, 2.24) is 5.32 Å². The number of amides is 1. The predicted molar refractivity (Wildman–Crippen MR) is 102 cm³/mol. The summed E-state index contributed by atoms with van der Waals surface area (Å²) in [6.07, 6.45) is 3.45. The van der Waals surface area contributed by atoms with Crippen molar-refractivity contribution in [2.45, 2.75) is 76.4 Å². The van der Waals surface area contributed by atoms with E-state index in [0.717, 1.165) is 43.9 Å². The number of hydrogen-bond acceptors (Lipinski definition) is 5. The molecule has 2 aliphatic rings. The van der Waals surface area contributed by atoms with E-state index >= 15 is 0 Å². The van der Waals surface area contributed by atoms with Gasteiger partial charge in [-0.3, -0.25) is 4.79 Å². The van der Waals surface area contributed by atoms with Crippen LogP contribution in [-0.2, 0) is 9.53 Å². The summed E-state index contributed by atoms with van der Waals surface area (Å²) < 4.78 is 54.0. The molecule has 0 radical (unpaired) electrons. The topological polar surface area (TPSA) is 77.0 Å². The standard InChI is InChI=1S/C21H28F3NO5/c1-12(26)11-28-16-5-3-15(4-6-16)25-20(27)13-8-17(9-13)29-19-10-14(22)2-7-18(19)30-21(23)24/h2,7,10,12-13,15-17,21,26H,3-6,8-9,11H2,1H3,(H,25,27)/t12?,13-,15-,16-,17-. The number of nitrogens with one attached hydrogen (secondary N) is 1. The molecule has 0 spiro atoms. The molecular formula is C21H28F3NO5. The third kappa shape index (κ3) is 6.50. The van der Waals surface area contributed by atoms with Crippen molar-refractivity contribution >= 4 is 5.91 Å². The molecule has 0 bridgehead atoms. The zero-order valence-corrected chi connectivity index (χ0v) is 16.9. The molecule has 2 fully saturated rings. The number of ether oxygens (including phenoxy) is 3. The monoisotopic (exact) mass is 431 g/mol. The van der Waals surface area contributed by atoms with Crippen LogP contribution in [0, 0.1) is 11.7 Å². The predicted octanol–water partition coefficient (Wildman–Crippen LogP) is 3.41. The molecule has 9 heteroatoms. The summed E-state index contributed by atoms with van der Waals surface area (Å²) in [5, 5.41) is 12.3. The van der Waals surface area contributed by atoms with Gasteiger partial charge in [-0.2, -0.15) is 8.78 Å². The summed E-state index contributed by atoms with van der Waals surface area (Å²) in [6, 6.07) is 3.22. The van der Waals surface area contributed by atoms with E-state index in [1.165, 1.54) is 0 Å². The van der Waals surface area contributed by atoms with Crippen molar-refractivity contribution in [2.75, 3.05) is 6.61 Å². The van der Waals surface area contributed by atoms with E-state index in [4.69, 9.17) is 9.47 Å². The van der Waals surface area contributed by atoms with Crippen LogP contribution in [0.15, 0.2) is 18.2 Å². The van der Waals surface area contributed by atoms with E-state index in [2.05, 4.69) is 10.1 Å². The maximum atomic E-state index is 13.4. The molecular weight excluding hydrogens is 403 g/mol. The second-order valence-corrected chi connectivity index (χ2v) is 8.04. The first-order chi connectivity index (χ1) is 14.3. The Hall–Kier alpha value is -2.00. The maximum Gasteiger partial charge on any atom is 0.387 e. The zero-order valence-electron chi connectivity index (χ0n) is 16.9. The summed E-state index contributed by atoms with van der Waals surface area (Å²) in [5.41, 5.74) is 0. The Balaban J connectivity index is 1.40. The Kier molecular flexibility index (Phi) is 7.82. The fourth-order valence-corrected chi connectivity index (χ4v) is 3.79. The molecule has 6 nitrogen and oxygen atoms in total. The van der Waals surface area contributed by atoms with Gasteiger partial charge in [-0.05, 0) is 57.6 Å². The van der Waals surface area contributed by atoms with Crippen LogP contribution in [0.3, 0.4) is 0 Å². The van der Waals surface area contributed by atoms with Gasteiger partial charge >= 0.3 is 6.61 Å². The van der Waals surface area contributed by atoms with E-state index in [-0.39, 0.29) is 41.6 Å². The second kappa shape index (κ2) is 10.3. The Labute approximate surface area is 173 Å². The van der Waals surface area contributed by atoms with Gasteiger partial charge in [0.05, 0.1) is 18.8 Å². The molecule has 2 aliphatic carbocycles. The first-order valence-electron chi connectivity index (χ1n) is 10.3. The molecule has 0 aromatic heterocycles. The summed E-state index contributed by atoms with van der Waals surface area (Å²) in [4.78, 5) is 12.4. The molecule has 168 valence electrons. The Morgan fingerprint density at radius 1 is 1.17 bits per heavy atom. The third-order valence-electron chi connectivity index (χ3n) is 5.47. The normalized spacial score (nSPS) is 27.3. The van der Waals surface area contributed by atoms with E-state index in [9.17, 15) is 23.1 Å². The summed E-state index contributed by atoms with van der Waals surface area (Å²) in [6.45, 7) is -1.03. The van der Waals surface area contributed by atoms with Gasteiger partial charge < -0.3 is 24.6 Å². The lowest BCUT2D eigenvalue weighted by atomic mass is 9.81. The van der Waals surface area contributed by atoms with Crippen LogP contribution >= 0.6 is 0 Å². The maximum absolute atomic E-state index is 13.4. The second-order valence-electron chi connectivity index (χ2n) is 8.04. The molecule has 0 saturated heterocycles. The van der Waals surface area contributed by atoms with E-state index in [1.54, 1.807) is 6.92 Å².